The number of aliphatic hydroxyl groups is 1. The second-order valence-electron chi connectivity index (χ2n) is 4.80. The van der Waals surface area contributed by atoms with Gasteiger partial charge >= 0.3 is 0 Å². The van der Waals surface area contributed by atoms with Crippen LogP contribution in [-0.2, 0) is 10.5 Å². The van der Waals surface area contributed by atoms with Gasteiger partial charge in [0.05, 0.1) is 18.8 Å². The summed E-state index contributed by atoms with van der Waals surface area (Å²) >= 11 is 0. The van der Waals surface area contributed by atoms with Crippen LogP contribution in [0.15, 0.2) is 30.3 Å². The summed E-state index contributed by atoms with van der Waals surface area (Å²) in [7, 11) is 0. The Kier molecular flexibility index (Phi) is 4.35. The Bertz CT molecular complexity index is 371. The summed E-state index contributed by atoms with van der Waals surface area (Å²) in [5.41, 5.74) is 6.67. The summed E-state index contributed by atoms with van der Waals surface area (Å²) in [4.78, 5) is 0. The smallest absolute Gasteiger partial charge is 0.161 e. The van der Waals surface area contributed by atoms with Gasteiger partial charge in [-0.15, -0.1) is 0 Å². The predicted octanol–water partition coefficient (Wildman–Crippen LogP) is 0.948. The standard InChI is InChI=1S/C14H22N2O2/c1-2-6-13(15)14(11-7-4-3-5-8-11)16-9-12(10-17)18-14/h3-5,7-8,12-13,16-17H,2,6,9-10,15H2,1H3. The molecule has 4 N–H and O–H groups in total. The molecule has 0 aliphatic carbocycles. The summed E-state index contributed by atoms with van der Waals surface area (Å²) < 4.78 is 6.01. The first kappa shape index (κ1) is 13.5. The molecule has 4 nitrogen and oxygen atoms in total. The number of aliphatic hydroxyl groups excluding tert-OH is 1. The molecule has 1 aromatic rings. The molecule has 3 unspecified atom stereocenters. The van der Waals surface area contributed by atoms with E-state index < -0.39 is 5.72 Å². The van der Waals surface area contributed by atoms with E-state index >= 15 is 0 Å². The zero-order chi connectivity index (χ0) is 13.0. The van der Waals surface area contributed by atoms with Crippen molar-refractivity contribution in [3.8, 4) is 0 Å². The fraction of sp³-hybridized carbons (Fsp3) is 0.571. The summed E-state index contributed by atoms with van der Waals surface area (Å²) in [5, 5.41) is 12.6. The molecule has 1 saturated heterocycles. The predicted molar refractivity (Wildman–Crippen MR) is 71.0 cm³/mol. The van der Waals surface area contributed by atoms with Crippen LogP contribution in [0.4, 0.5) is 0 Å². The van der Waals surface area contributed by atoms with E-state index in [1.165, 1.54) is 0 Å². The maximum Gasteiger partial charge on any atom is 0.161 e. The summed E-state index contributed by atoms with van der Waals surface area (Å²) in [6, 6.07) is 9.84. The quantitative estimate of drug-likeness (QED) is 0.728. The molecule has 18 heavy (non-hydrogen) atoms. The van der Waals surface area contributed by atoms with E-state index in [0.717, 1.165) is 18.4 Å². The molecule has 0 aromatic heterocycles. The molecule has 0 bridgehead atoms. The second-order valence-corrected chi connectivity index (χ2v) is 4.80. The highest BCUT2D eigenvalue weighted by Crippen LogP contribution is 2.33. The lowest BCUT2D eigenvalue weighted by atomic mass is 9.92. The van der Waals surface area contributed by atoms with E-state index in [1.54, 1.807) is 0 Å². The molecule has 4 heteroatoms. The third-order valence-corrected chi connectivity index (χ3v) is 3.47. The number of hydrogen-bond donors (Lipinski definition) is 3. The minimum absolute atomic E-state index is 0.0143. The fourth-order valence-corrected chi connectivity index (χ4v) is 2.52. The number of nitrogens with one attached hydrogen (secondary N) is 1. The number of rotatable bonds is 5. The van der Waals surface area contributed by atoms with Crippen molar-refractivity contribution in [3.63, 3.8) is 0 Å². The van der Waals surface area contributed by atoms with Gasteiger partial charge in [-0.1, -0.05) is 43.7 Å². The molecule has 1 fully saturated rings. The SMILES string of the molecule is CCCC(N)C1(c2ccccc2)NCC(CO)O1. The van der Waals surface area contributed by atoms with Crippen molar-refractivity contribution in [1.82, 2.24) is 5.32 Å². The van der Waals surface area contributed by atoms with Gasteiger partial charge in [-0.2, -0.15) is 0 Å². The number of ether oxygens (including phenoxy) is 1. The van der Waals surface area contributed by atoms with Crippen LogP contribution in [0, 0.1) is 0 Å². The lowest BCUT2D eigenvalue weighted by Gasteiger charge is -2.35. The second kappa shape index (κ2) is 5.80. The van der Waals surface area contributed by atoms with Crippen molar-refractivity contribution in [2.45, 2.75) is 37.6 Å². The number of hydrogen-bond acceptors (Lipinski definition) is 4. The van der Waals surface area contributed by atoms with E-state index in [2.05, 4.69) is 12.2 Å². The van der Waals surface area contributed by atoms with Crippen molar-refractivity contribution in [2.24, 2.45) is 5.73 Å². The van der Waals surface area contributed by atoms with Gasteiger partial charge in [0.2, 0.25) is 0 Å². The van der Waals surface area contributed by atoms with Crippen LogP contribution in [0.2, 0.25) is 0 Å². The molecule has 0 radical (unpaired) electrons. The summed E-state index contributed by atoms with van der Waals surface area (Å²) in [5.74, 6) is 0. The molecule has 3 atom stereocenters. The lowest BCUT2D eigenvalue weighted by molar-refractivity contribution is -0.0877. The van der Waals surface area contributed by atoms with Gasteiger partial charge in [-0.05, 0) is 6.42 Å². The molecule has 1 aliphatic heterocycles. The third kappa shape index (κ3) is 2.42. The van der Waals surface area contributed by atoms with Crippen LogP contribution in [0.5, 0.6) is 0 Å². The minimum Gasteiger partial charge on any atom is -0.394 e. The van der Waals surface area contributed by atoms with Crippen LogP contribution in [0.25, 0.3) is 0 Å². The van der Waals surface area contributed by atoms with E-state index in [9.17, 15) is 5.11 Å². The average Bonchev–Trinajstić information content (AvgIpc) is 2.86. The maximum atomic E-state index is 9.25. The van der Waals surface area contributed by atoms with Gasteiger partial charge in [0.15, 0.2) is 5.72 Å². The molecule has 1 aromatic carbocycles. The van der Waals surface area contributed by atoms with Gasteiger partial charge in [0.1, 0.15) is 0 Å². The van der Waals surface area contributed by atoms with Crippen LogP contribution in [0.1, 0.15) is 25.3 Å². The van der Waals surface area contributed by atoms with Crippen molar-refractivity contribution in [1.29, 1.82) is 0 Å². The van der Waals surface area contributed by atoms with Gasteiger partial charge in [-0.3, -0.25) is 5.32 Å². The van der Waals surface area contributed by atoms with Crippen molar-refractivity contribution in [2.75, 3.05) is 13.2 Å². The van der Waals surface area contributed by atoms with Crippen molar-refractivity contribution >= 4 is 0 Å². The molecular formula is C14H22N2O2. The summed E-state index contributed by atoms with van der Waals surface area (Å²) in [6.45, 7) is 2.75. The minimum atomic E-state index is -0.662. The molecule has 1 heterocycles. The van der Waals surface area contributed by atoms with Crippen LogP contribution in [-0.4, -0.2) is 30.4 Å². The molecular weight excluding hydrogens is 228 g/mol. The van der Waals surface area contributed by atoms with Gasteiger partial charge in [0.25, 0.3) is 0 Å². The van der Waals surface area contributed by atoms with E-state index in [4.69, 9.17) is 10.5 Å². The molecule has 0 amide bonds. The monoisotopic (exact) mass is 250 g/mol. The maximum absolute atomic E-state index is 9.25. The highest BCUT2D eigenvalue weighted by atomic mass is 16.5. The fourth-order valence-electron chi connectivity index (χ4n) is 2.52. The zero-order valence-electron chi connectivity index (χ0n) is 10.8. The molecule has 100 valence electrons. The first-order valence-electron chi connectivity index (χ1n) is 6.57. The highest BCUT2D eigenvalue weighted by Gasteiger charge is 2.45. The largest absolute Gasteiger partial charge is 0.394 e. The zero-order valence-corrected chi connectivity index (χ0v) is 10.8. The number of nitrogens with two attached hydrogens (primary N) is 1. The van der Waals surface area contributed by atoms with Gasteiger partial charge in [0, 0.05) is 12.1 Å². The first-order chi connectivity index (χ1) is 8.73. The van der Waals surface area contributed by atoms with Crippen LogP contribution >= 0.6 is 0 Å². The van der Waals surface area contributed by atoms with E-state index in [1.807, 2.05) is 30.3 Å². The molecule has 0 saturated carbocycles. The third-order valence-electron chi connectivity index (χ3n) is 3.47. The number of benzene rings is 1. The lowest BCUT2D eigenvalue weighted by Crippen LogP contribution is -2.53. The van der Waals surface area contributed by atoms with Crippen LogP contribution in [0.3, 0.4) is 0 Å². The summed E-state index contributed by atoms with van der Waals surface area (Å²) in [6.07, 6.45) is 1.69. The Labute approximate surface area is 108 Å². The van der Waals surface area contributed by atoms with Crippen molar-refractivity contribution in [3.05, 3.63) is 35.9 Å². The highest BCUT2D eigenvalue weighted by molar-refractivity contribution is 5.25. The van der Waals surface area contributed by atoms with Crippen molar-refractivity contribution < 1.29 is 9.84 Å². The Morgan fingerprint density at radius 2 is 2.22 bits per heavy atom. The average molecular weight is 250 g/mol. The van der Waals surface area contributed by atoms with Gasteiger partial charge in [-0.25, -0.2) is 0 Å². The Morgan fingerprint density at radius 1 is 1.50 bits per heavy atom. The first-order valence-corrected chi connectivity index (χ1v) is 6.57. The van der Waals surface area contributed by atoms with Gasteiger partial charge < -0.3 is 15.6 Å². The van der Waals surface area contributed by atoms with Crippen LogP contribution < -0.4 is 11.1 Å². The van der Waals surface area contributed by atoms with E-state index in [-0.39, 0.29) is 18.8 Å². The molecule has 0 spiro atoms. The van der Waals surface area contributed by atoms with E-state index in [0.29, 0.717) is 6.54 Å². The topological polar surface area (TPSA) is 67.5 Å². The Hall–Kier alpha value is -0.940. The Balaban J connectivity index is 2.29. The molecule has 2 rings (SSSR count). The Morgan fingerprint density at radius 3 is 2.78 bits per heavy atom. The molecule has 1 aliphatic rings. The normalized spacial score (nSPS) is 29.4.